The second kappa shape index (κ2) is 6.59. The van der Waals surface area contributed by atoms with E-state index in [9.17, 15) is 0 Å². The molecule has 0 saturated carbocycles. The number of hydrogen-bond acceptors (Lipinski definition) is 8. The van der Waals surface area contributed by atoms with E-state index >= 15 is 0 Å². The molecule has 2 fully saturated rings. The zero-order valence-electron chi connectivity index (χ0n) is 14.6. The Hall–Kier alpha value is -2.22. The molecule has 2 aliphatic rings. The number of nitrogens with zero attached hydrogens (tertiary/aromatic N) is 5. The van der Waals surface area contributed by atoms with Crippen molar-refractivity contribution < 1.29 is 13.9 Å². The molecule has 0 aliphatic carbocycles. The third kappa shape index (κ3) is 3.18. The first kappa shape index (κ1) is 16.3. The van der Waals surface area contributed by atoms with Gasteiger partial charge in [-0.3, -0.25) is 0 Å². The third-order valence-electron chi connectivity index (χ3n) is 4.85. The maximum Gasteiger partial charge on any atom is 0.225 e. The lowest BCUT2D eigenvalue weighted by Gasteiger charge is -2.46. The van der Waals surface area contributed by atoms with Gasteiger partial charge in [-0.05, 0) is 26.7 Å². The molecular formula is C17H23N5O3. The molecule has 2 saturated heterocycles. The average Bonchev–Trinajstić information content (AvgIpc) is 3.11. The van der Waals surface area contributed by atoms with Crippen LogP contribution in [0.25, 0.3) is 0 Å². The average molecular weight is 345 g/mol. The third-order valence-corrected chi connectivity index (χ3v) is 4.85. The Kier molecular flexibility index (Phi) is 4.29. The fourth-order valence-electron chi connectivity index (χ4n) is 3.41. The van der Waals surface area contributed by atoms with Gasteiger partial charge in [-0.25, -0.2) is 9.97 Å². The van der Waals surface area contributed by atoms with Gasteiger partial charge in [0.1, 0.15) is 12.1 Å². The van der Waals surface area contributed by atoms with Crippen molar-refractivity contribution in [2.75, 3.05) is 37.8 Å². The second-order valence-electron chi connectivity index (χ2n) is 6.90. The lowest BCUT2D eigenvalue weighted by atomic mass is 9.82. The van der Waals surface area contributed by atoms with Crippen molar-refractivity contribution >= 4 is 5.82 Å². The van der Waals surface area contributed by atoms with E-state index in [1.54, 1.807) is 0 Å². The Morgan fingerprint density at radius 1 is 1.24 bits per heavy atom. The topological polar surface area (TPSA) is 86.4 Å². The van der Waals surface area contributed by atoms with Crippen LogP contribution < -0.4 is 9.64 Å². The van der Waals surface area contributed by atoms with Crippen molar-refractivity contribution in [2.45, 2.75) is 38.0 Å². The highest BCUT2D eigenvalue weighted by Gasteiger charge is 2.45. The van der Waals surface area contributed by atoms with Gasteiger partial charge in [0.2, 0.25) is 17.7 Å². The summed E-state index contributed by atoms with van der Waals surface area (Å²) < 4.78 is 16.9. The summed E-state index contributed by atoms with van der Waals surface area (Å²) in [6.07, 6.45) is 3.43. The molecule has 0 amide bonds. The molecule has 2 aliphatic heterocycles. The molecule has 0 atom stereocenters. The van der Waals surface area contributed by atoms with Gasteiger partial charge < -0.3 is 18.8 Å². The molecule has 0 aromatic carbocycles. The quantitative estimate of drug-likeness (QED) is 0.812. The van der Waals surface area contributed by atoms with E-state index in [2.05, 4.69) is 32.0 Å². The molecule has 8 nitrogen and oxygen atoms in total. The summed E-state index contributed by atoms with van der Waals surface area (Å²) in [6, 6.07) is 1.87. The van der Waals surface area contributed by atoms with E-state index in [-0.39, 0.29) is 5.41 Å². The van der Waals surface area contributed by atoms with Gasteiger partial charge in [-0.1, -0.05) is 0 Å². The minimum absolute atomic E-state index is 0.146. The van der Waals surface area contributed by atoms with Gasteiger partial charge in [0, 0.05) is 38.3 Å². The molecule has 0 bridgehead atoms. The molecule has 0 N–H and O–H groups in total. The van der Waals surface area contributed by atoms with Crippen LogP contribution in [0.15, 0.2) is 16.8 Å². The zero-order valence-corrected chi connectivity index (χ0v) is 14.6. The lowest BCUT2D eigenvalue weighted by Crippen LogP contribution is -2.58. The number of hydrogen-bond donors (Lipinski definition) is 0. The van der Waals surface area contributed by atoms with Crippen LogP contribution in [0.4, 0.5) is 5.82 Å². The Balaban J connectivity index is 1.43. The molecule has 2 aromatic heterocycles. The zero-order chi connectivity index (χ0) is 17.3. The molecule has 0 radical (unpaired) electrons. The van der Waals surface area contributed by atoms with Crippen LogP contribution in [0.5, 0.6) is 5.88 Å². The minimum atomic E-state index is -0.146. The van der Waals surface area contributed by atoms with Gasteiger partial charge in [0.15, 0.2) is 0 Å². The predicted molar refractivity (Wildman–Crippen MR) is 89.9 cm³/mol. The summed E-state index contributed by atoms with van der Waals surface area (Å²) in [5.41, 5.74) is -0.146. The maximum absolute atomic E-state index is 6.01. The summed E-state index contributed by atoms with van der Waals surface area (Å²) in [7, 11) is 0. The fourth-order valence-corrected chi connectivity index (χ4v) is 3.41. The first-order valence-corrected chi connectivity index (χ1v) is 8.79. The number of aromatic nitrogens is 4. The fraction of sp³-hybridized carbons (Fsp3) is 0.647. The van der Waals surface area contributed by atoms with E-state index in [1.807, 2.05) is 13.0 Å². The number of anilines is 1. The summed E-state index contributed by atoms with van der Waals surface area (Å²) in [5, 5.41) is 8.61. The van der Waals surface area contributed by atoms with Crippen molar-refractivity contribution in [3.05, 3.63) is 24.2 Å². The van der Waals surface area contributed by atoms with Crippen LogP contribution in [0.1, 0.15) is 44.4 Å². The van der Waals surface area contributed by atoms with Crippen molar-refractivity contribution in [2.24, 2.45) is 0 Å². The lowest BCUT2D eigenvalue weighted by molar-refractivity contribution is 0.0785. The van der Waals surface area contributed by atoms with Crippen molar-refractivity contribution in [1.29, 1.82) is 0 Å². The van der Waals surface area contributed by atoms with Crippen LogP contribution >= 0.6 is 0 Å². The van der Waals surface area contributed by atoms with Crippen molar-refractivity contribution in [3.8, 4) is 5.88 Å². The van der Waals surface area contributed by atoms with Gasteiger partial charge in [0.25, 0.3) is 0 Å². The van der Waals surface area contributed by atoms with Gasteiger partial charge >= 0.3 is 0 Å². The van der Waals surface area contributed by atoms with Crippen molar-refractivity contribution in [3.63, 3.8) is 0 Å². The largest absolute Gasteiger partial charge is 0.478 e. The van der Waals surface area contributed by atoms with Crippen LogP contribution in [-0.2, 0) is 10.2 Å². The molecule has 25 heavy (non-hydrogen) atoms. The highest BCUT2D eigenvalue weighted by Crippen LogP contribution is 2.37. The molecule has 8 heteroatoms. The molecule has 4 rings (SSSR count). The number of ether oxygens (including phenoxy) is 2. The first-order valence-electron chi connectivity index (χ1n) is 8.79. The van der Waals surface area contributed by atoms with E-state index < -0.39 is 0 Å². The molecule has 0 spiro atoms. The molecule has 134 valence electrons. The van der Waals surface area contributed by atoms with Gasteiger partial charge in [0.05, 0.1) is 12.0 Å². The van der Waals surface area contributed by atoms with E-state index in [4.69, 9.17) is 13.9 Å². The SMILES string of the molecule is CCOc1cc(N2CC(C)(c3nnc(C4CCOCC4)o3)C2)ncn1. The normalized spacial score (nSPS) is 20.3. The van der Waals surface area contributed by atoms with Crippen LogP contribution in [0.2, 0.25) is 0 Å². The summed E-state index contributed by atoms with van der Waals surface area (Å²) in [4.78, 5) is 10.6. The van der Waals surface area contributed by atoms with Gasteiger partial charge in [-0.2, -0.15) is 0 Å². The summed E-state index contributed by atoms with van der Waals surface area (Å²) >= 11 is 0. The van der Waals surface area contributed by atoms with E-state index in [1.165, 1.54) is 6.33 Å². The second-order valence-corrected chi connectivity index (χ2v) is 6.90. The Labute approximate surface area is 146 Å². The predicted octanol–water partition coefficient (Wildman–Crippen LogP) is 1.93. The Bertz CT molecular complexity index is 723. The highest BCUT2D eigenvalue weighted by molar-refractivity contribution is 5.47. The van der Waals surface area contributed by atoms with Crippen molar-refractivity contribution in [1.82, 2.24) is 20.2 Å². The highest BCUT2D eigenvalue weighted by atomic mass is 16.5. The standard InChI is InChI=1S/C17H23N5O3/c1-3-24-14-8-13(18-11-19-14)22-9-17(2,10-22)16-21-20-15(25-16)12-4-6-23-7-5-12/h8,11-12H,3-7,9-10H2,1-2H3. The minimum Gasteiger partial charge on any atom is -0.478 e. The number of rotatable bonds is 5. The monoisotopic (exact) mass is 345 g/mol. The summed E-state index contributed by atoms with van der Waals surface area (Å²) in [5.74, 6) is 3.24. The smallest absolute Gasteiger partial charge is 0.225 e. The van der Waals surface area contributed by atoms with Crippen LogP contribution in [-0.4, -0.2) is 53.1 Å². The van der Waals surface area contributed by atoms with Crippen LogP contribution in [0, 0.1) is 0 Å². The van der Waals surface area contributed by atoms with Crippen LogP contribution in [0.3, 0.4) is 0 Å². The molecule has 0 unspecified atom stereocenters. The Morgan fingerprint density at radius 3 is 2.80 bits per heavy atom. The Morgan fingerprint density at radius 2 is 2.04 bits per heavy atom. The van der Waals surface area contributed by atoms with Gasteiger partial charge in [-0.15, -0.1) is 10.2 Å². The van der Waals surface area contributed by atoms with E-state index in [0.717, 1.165) is 50.9 Å². The molecule has 2 aromatic rings. The molecular weight excluding hydrogens is 322 g/mol. The first-order chi connectivity index (χ1) is 12.2. The molecule has 4 heterocycles. The maximum atomic E-state index is 6.01. The summed E-state index contributed by atoms with van der Waals surface area (Å²) in [6.45, 7) is 7.78. The van der Waals surface area contributed by atoms with E-state index in [0.29, 0.717) is 24.3 Å².